The van der Waals surface area contributed by atoms with Gasteiger partial charge in [-0.05, 0) is 38.7 Å². The monoisotopic (exact) mass is 256 g/mol. The Bertz CT molecular complexity index is 372. The molecule has 3 nitrogen and oxygen atoms in total. The molecule has 98 valence electrons. The lowest BCUT2D eigenvalue weighted by Crippen LogP contribution is -2.39. The van der Waals surface area contributed by atoms with Gasteiger partial charge >= 0.3 is 0 Å². The molecule has 1 aromatic rings. The second-order valence-electron chi connectivity index (χ2n) is 4.99. The molecule has 1 rings (SSSR count). The van der Waals surface area contributed by atoms with Gasteiger partial charge in [0.2, 0.25) is 0 Å². The first-order chi connectivity index (χ1) is 7.87. The highest BCUT2D eigenvalue weighted by Gasteiger charge is 2.18. The number of nitrogens with one attached hydrogen (secondary N) is 1. The molecule has 0 bridgehead atoms. The maximum absolute atomic E-state index is 10.0. The van der Waals surface area contributed by atoms with Gasteiger partial charge in [0.15, 0.2) is 0 Å². The maximum atomic E-state index is 10.0. The average Bonchev–Trinajstić information content (AvgIpc) is 2.46. The molecule has 0 saturated carbocycles. The highest BCUT2D eigenvalue weighted by Crippen LogP contribution is 2.14. The normalized spacial score (nSPS) is 14.9. The van der Waals surface area contributed by atoms with Crippen molar-refractivity contribution in [3.8, 4) is 0 Å². The van der Waals surface area contributed by atoms with Gasteiger partial charge in [-0.1, -0.05) is 0 Å². The van der Waals surface area contributed by atoms with E-state index in [1.54, 1.807) is 11.8 Å². The summed E-state index contributed by atoms with van der Waals surface area (Å²) < 4.78 is 2.19. The van der Waals surface area contributed by atoms with Gasteiger partial charge in [0.05, 0.1) is 5.60 Å². The summed E-state index contributed by atoms with van der Waals surface area (Å²) in [7, 11) is 2.08. The fraction of sp³-hybridized carbons (Fsp3) is 0.692. The van der Waals surface area contributed by atoms with Crippen molar-refractivity contribution in [3.05, 3.63) is 23.0 Å². The number of aromatic nitrogens is 1. The molecule has 1 unspecified atom stereocenters. The fourth-order valence-corrected chi connectivity index (χ4v) is 2.66. The summed E-state index contributed by atoms with van der Waals surface area (Å²) in [5.41, 5.74) is 3.25. The van der Waals surface area contributed by atoms with Gasteiger partial charge in [0.1, 0.15) is 0 Å². The maximum Gasteiger partial charge on any atom is 0.0833 e. The molecular weight excluding hydrogens is 232 g/mol. The van der Waals surface area contributed by atoms with Gasteiger partial charge < -0.3 is 15.0 Å². The molecule has 0 amide bonds. The second-order valence-corrected chi connectivity index (χ2v) is 5.85. The molecule has 0 radical (unpaired) electrons. The van der Waals surface area contributed by atoms with Crippen LogP contribution in [-0.4, -0.2) is 33.8 Å². The summed E-state index contributed by atoms with van der Waals surface area (Å²) in [4.78, 5) is 0. The number of rotatable bonds is 6. The fourth-order valence-electron chi connectivity index (χ4n) is 1.94. The van der Waals surface area contributed by atoms with Crippen molar-refractivity contribution in [2.24, 2.45) is 7.05 Å². The van der Waals surface area contributed by atoms with Crippen LogP contribution in [0.4, 0.5) is 0 Å². The lowest BCUT2D eigenvalue weighted by Gasteiger charge is -2.22. The minimum Gasteiger partial charge on any atom is -0.388 e. The minimum absolute atomic E-state index is 0.626. The lowest BCUT2D eigenvalue weighted by atomic mass is 10.1. The zero-order valence-corrected chi connectivity index (χ0v) is 12.3. The zero-order valence-electron chi connectivity index (χ0n) is 11.5. The van der Waals surface area contributed by atoms with Crippen molar-refractivity contribution in [2.75, 3.05) is 18.6 Å². The molecule has 17 heavy (non-hydrogen) atoms. The third-order valence-electron chi connectivity index (χ3n) is 3.16. The zero-order chi connectivity index (χ0) is 13.1. The highest BCUT2D eigenvalue weighted by atomic mass is 32.2. The Morgan fingerprint density at radius 1 is 1.47 bits per heavy atom. The summed E-state index contributed by atoms with van der Waals surface area (Å²) >= 11 is 1.67. The largest absolute Gasteiger partial charge is 0.388 e. The standard InChI is InChI=1S/C13H24N2OS/c1-10-6-12(11(2)15(10)4)7-14-8-13(3,16)9-17-5/h6,14,16H,7-9H2,1-5H3. The van der Waals surface area contributed by atoms with E-state index in [1.165, 1.54) is 17.0 Å². The van der Waals surface area contributed by atoms with Crippen LogP contribution in [-0.2, 0) is 13.6 Å². The van der Waals surface area contributed by atoms with E-state index in [9.17, 15) is 5.11 Å². The van der Waals surface area contributed by atoms with E-state index >= 15 is 0 Å². The Kier molecular flexibility index (Phi) is 5.10. The number of nitrogens with zero attached hydrogens (tertiary/aromatic N) is 1. The van der Waals surface area contributed by atoms with Gasteiger partial charge in [-0.25, -0.2) is 0 Å². The average molecular weight is 256 g/mol. The third kappa shape index (κ3) is 4.05. The van der Waals surface area contributed by atoms with Crippen LogP contribution < -0.4 is 5.32 Å². The Balaban J connectivity index is 2.48. The van der Waals surface area contributed by atoms with Crippen molar-refractivity contribution >= 4 is 11.8 Å². The molecule has 4 heteroatoms. The van der Waals surface area contributed by atoms with E-state index < -0.39 is 5.60 Å². The first kappa shape index (κ1) is 14.6. The first-order valence-corrected chi connectivity index (χ1v) is 7.30. The summed E-state index contributed by atoms with van der Waals surface area (Å²) in [5.74, 6) is 0.757. The third-order valence-corrected chi connectivity index (χ3v) is 4.07. The van der Waals surface area contributed by atoms with Crippen LogP contribution in [0.2, 0.25) is 0 Å². The molecule has 0 saturated heterocycles. The Hall–Kier alpha value is -0.450. The van der Waals surface area contributed by atoms with Gasteiger partial charge in [0.25, 0.3) is 0 Å². The van der Waals surface area contributed by atoms with E-state index in [-0.39, 0.29) is 0 Å². The number of thioether (sulfide) groups is 1. The second kappa shape index (κ2) is 5.94. The Morgan fingerprint density at radius 2 is 2.12 bits per heavy atom. The summed E-state index contributed by atoms with van der Waals surface area (Å²) in [6.45, 7) is 7.56. The number of aryl methyl sites for hydroxylation is 1. The van der Waals surface area contributed by atoms with Crippen LogP contribution in [0.5, 0.6) is 0 Å². The van der Waals surface area contributed by atoms with Gasteiger partial charge in [-0.15, -0.1) is 0 Å². The van der Waals surface area contributed by atoms with E-state index in [4.69, 9.17) is 0 Å². The van der Waals surface area contributed by atoms with Crippen LogP contribution in [0.3, 0.4) is 0 Å². The van der Waals surface area contributed by atoms with E-state index in [1.807, 2.05) is 13.2 Å². The molecule has 1 atom stereocenters. The van der Waals surface area contributed by atoms with Crippen molar-refractivity contribution in [3.63, 3.8) is 0 Å². The lowest BCUT2D eigenvalue weighted by molar-refractivity contribution is 0.0846. The van der Waals surface area contributed by atoms with E-state index in [2.05, 4.69) is 36.8 Å². The molecule has 0 fully saturated rings. The molecule has 0 aliphatic carbocycles. The van der Waals surface area contributed by atoms with Crippen LogP contribution in [0.15, 0.2) is 6.07 Å². The highest BCUT2D eigenvalue weighted by molar-refractivity contribution is 7.98. The van der Waals surface area contributed by atoms with Crippen LogP contribution in [0.25, 0.3) is 0 Å². The van der Waals surface area contributed by atoms with Crippen molar-refractivity contribution in [2.45, 2.75) is 32.9 Å². The molecule has 1 heterocycles. The topological polar surface area (TPSA) is 37.2 Å². The van der Waals surface area contributed by atoms with Gasteiger partial charge in [-0.2, -0.15) is 11.8 Å². The summed E-state index contributed by atoms with van der Waals surface area (Å²) in [6, 6.07) is 2.20. The Labute approximate surface area is 109 Å². The SMILES string of the molecule is CSCC(C)(O)CNCc1cc(C)n(C)c1C. The van der Waals surface area contributed by atoms with Crippen LogP contribution in [0, 0.1) is 13.8 Å². The molecular formula is C13H24N2OS. The van der Waals surface area contributed by atoms with E-state index in [0.29, 0.717) is 6.54 Å². The van der Waals surface area contributed by atoms with Crippen LogP contribution in [0.1, 0.15) is 23.9 Å². The quantitative estimate of drug-likeness (QED) is 0.815. The number of hydrogen-bond acceptors (Lipinski definition) is 3. The van der Waals surface area contributed by atoms with Crippen molar-refractivity contribution in [1.82, 2.24) is 9.88 Å². The van der Waals surface area contributed by atoms with Gasteiger partial charge in [-0.3, -0.25) is 0 Å². The molecule has 1 aromatic heterocycles. The molecule has 2 N–H and O–H groups in total. The summed E-state index contributed by atoms with van der Waals surface area (Å²) in [6.07, 6.45) is 2.01. The smallest absolute Gasteiger partial charge is 0.0833 e. The van der Waals surface area contributed by atoms with Crippen molar-refractivity contribution < 1.29 is 5.11 Å². The number of aliphatic hydroxyl groups is 1. The molecule has 0 spiro atoms. The van der Waals surface area contributed by atoms with Gasteiger partial charge in [0, 0.05) is 37.3 Å². The number of hydrogen-bond donors (Lipinski definition) is 2. The first-order valence-electron chi connectivity index (χ1n) is 5.91. The predicted molar refractivity (Wildman–Crippen MR) is 75.6 cm³/mol. The molecule has 0 aliphatic heterocycles. The summed E-state index contributed by atoms with van der Waals surface area (Å²) in [5, 5.41) is 13.4. The minimum atomic E-state index is -0.628. The predicted octanol–water partition coefficient (Wildman–Crippen LogP) is 1.85. The molecule has 0 aliphatic rings. The van der Waals surface area contributed by atoms with Crippen molar-refractivity contribution in [1.29, 1.82) is 0 Å². The van der Waals surface area contributed by atoms with E-state index in [0.717, 1.165) is 12.3 Å². The Morgan fingerprint density at radius 3 is 2.59 bits per heavy atom. The van der Waals surface area contributed by atoms with Crippen LogP contribution >= 0.6 is 11.8 Å². The molecule has 0 aromatic carbocycles.